The highest BCUT2D eigenvalue weighted by Crippen LogP contribution is 2.43. The van der Waals surface area contributed by atoms with Crippen molar-refractivity contribution in [2.45, 2.75) is 270 Å². The highest BCUT2D eigenvalue weighted by atomic mass is 31.2. The molecule has 0 saturated carbocycles. The number of unbranched alkanes of at least 4 members (excludes halogenated alkanes) is 30. The molecule has 0 aromatic rings. The van der Waals surface area contributed by atoms with Crippen LogP contribution in [0.2, 0.25) is 0 Å². The van der Waals surface area contributed by atoms with Gasteiger partial charge in [0.25, 0.3) is 0 Å². The maximum atomic E-state index is 12.4. The second-order valence-corrected chi connectivity index (χ2v) is 20.2. The Kier molecular flexibility index (Phi) is 48.9. The second-order valence-electron chi connectivity index (χ2n) is 18.8. The van der Waals surface area contributed by atoms with Gasteiger partial charge in [-0.3, -0.25) is 18.6 Å². The first-order chi connectivity index (χ1) is 33.1. The maximum Gasteiger partial charge on any atom is 0.472 e. The second kappa shape index (κ2) is 50.8. The predicted octanol–water partition coefficient (Wildman–Crippen LogP) is 15.7. The number of aliphatic carboxylic acids is 1. The van der Waals surface area contributed by atoms with Crippen molar-refractivity contribution < 1.29 is 47.8 Å². The van der Waals surface area contributed by atoms with Crippen molar-refractivity contribution in [2.75, 3.05) is 19.8 Å². The van der Waals surface area contributed by atoms with E-state index in [-0.39, 0.29) is 12.8 Å². The molecule has 0 aromatic heterocycles. The van der Waals surface area contributed by atoms with Crippen LogP contribution in [0.4, 0.5) is 0 Å². The van der Waals surface area contributed by atoms with Crippen LogP contribution >= 0.6 is 7.82 Å². The number of hydrogen-bond acceptors (Lipinski definition) is 8. The van der Waals surface area contributed by atoms with Gasteiger partial charge in [-0.15, -0.1) is 0 Å². The van der Waals surface area contributed by atoms with Gasteiger partial charge < -0.3 is 25.2 Å². The van der Waals surface area contributed by atoms with E-state index in [1.807, 2.05) is 0 Å². The molecule has 0 bridgehead atoms. The van der Waals surface area contributed by atoms with Crippen molar-refractivity contribution in [3.8, 4) is 0 Å². The standard InChI is InChI=1S/C56H102NO10P/c1-3-5-7-9-11-13-15-17-19-21-23-25-26-28-29-31-33-35-37-39-41-43-45-47-54(59)57-53(56(61)62)51-67-68(63,64)66-50-52(58)49-65-55(60)48-46-44-42-40-38-36-34-32-30-27-24-22-20-18-16-14-12-10-8-6-4-2/h11,13,17,19,23,25,28-29,52-53,58H,3-10,12,14-16,18,20-22,24,26-27,30-51H2,1-2H3,(H,57,59)(H,61,62)(H,63,64)/b13-11-,19-17-,25-23-,29-28-. The van der Waals surface area contributed by atoms with Crippen molar-refractivity contribution in [1.82, 2.24) is 5.32 Å². The molecule has 0 radical (unpaired) electrons. The highest BCUT2D eigenvalue weighted by Gasteiger charge is 2.28. The smallest absolute Gasteiger partial charge is 0.472 e. The third kappa shape index (κ3) is 49.8. The monoisotopic (exact) mass is 980 g/mol. The topological polar surface area (TPSA) is 169 Å². The number of rotatable bonds is 52. The number of aliphatic hydroxyl groups excluding tert-OH is 1. The lowest BCUT2D eigenvalue weighted by atomic mass is 10.0. The van der Waals surface area contributed by atoms with Gasteiger partial charge >= 0.3 is 19.8 Å². The third-order valence-corrected chi connectivity index (χ3v) is 13.1. The number of hydrogen-bond donors (Lipinski definition) is 4. The van der Waals surface area contributed by atoms with E-state index in [1.165, 1.54) is 135 Å². The zero-order valence-corrected chi connectivity index (χ0v) is 44.3. The molecule has 0 aliphatic heterocycles. The Hall–Kier alpha value is -2.56. The average molecular weight is 980 g/mol. The van der Waals surface area contributed by atoms with E-state index >= 15 is 0 Å². The quantitative estimate of drug-likeness (QED) is 0.0199. The SMILES string of the molecule is CCCCC/C=C\C/C=C\C/C=C\C/C=C\CCCCCCCCCC(=O)NC(COP(=O)(O)OCC(O)COC(=O)CCCCCCCCCCCCCCCCCCCCCCC)C(=O)O. The van der Waals surface area contributed by atoms with Gasteiger partial charge in [-0.05, 0) is 57.8 Å². The third-order valence-electron chi connectivity index (χ3n) is 12.1. The number of carbonyl (C=O) groups is 3. The number of carbonyl (C=O) groups excluding carboxylic acids is 2. The minimum absolute atomic E-state index is 0.133. The molecule has 4 N–H and O–H groups in total. The van der Waals surface area contributed by atoms with E-state index in [0.29, 0.717) is 12.8 Å². The number of esters is 1. The largest absolute Gasteiger partial charge is 0.480 e. The molecule has 68 heavy (non-hydrogen) atoms. The van der Waals surface area contributed by atoms with Crippen molar-refractivity contribution in [1.29, 1.82) is 0 Å². The Morgan fingerprint density at radius 1 is 0.471 bits per heavy atom. The van der Waals surface area contributed by atoms with Crippen LogP contribution in [0.25, 0.3) is 0 Å². The van der Waals surface area contributed by atoms with Crippen LogP contribution in [-0.2, 0) is 32.7 Å². The summed E-state index contributed by atoms with van der Waals surface area (Å²) in [5.41, 5.74) is 0. The zero-order chi connectivity index (χ0) is 49.9. The molecule has 0 aromatic carbocycles. The van der Waals surface area contributed by atoms with Gasteiger partial charge in [-0.2, -0.15) is 0 Å². The van der Waals surface area contributed by atoms with Crippen molar-refractivity contribution >= 4 is 25.7 Å². The lowest BCUT2D eigenvalue weighted by Crippen LogP contribution is -2.43. The molecule has 0 heterocycles. The van der Waals surface area contributed by atoms with Crippen LogP contribution in [0.3, 0.4) is 0 Å². The lowest BCUT2D eigenvalue weighted by molar-refractivity contribution is -0.147. The van der Waals surface area contributed by atoms with Gasteiger partial charge in [-0.25, -0.2) is 9.36 Å². The van der Waals surface area contributed by atoms with Crippen molar-refractivity contribution in [3.63, 3.8) is 0 Å². The number of ether oxygens (including phenoxy) is 1. The molecule has 396 valence electrons. The molecular formula is C56H102NO10P. The van der Waals surface area contributed by atoms with Crippen LogP contribution in [0.15, 0.2) is 48.6 Å². The summed E-state index contributed by atoms with van der Waals surface area (Å²) < 4.78 is 27.0. The van der Waals surface area contributed by atoms with Crippen molar-refractivity contribution in [3.05, 3.63) is 48.6 Å². The van der Waals surface area contributed by atoms with Crippen LogP contribution in [0.5, 0.6) is 0 Å². The summed E-state index contributed by atoms with van der Waals surface area (Å²) in [6.45, 7) is 2.61. The Labute approximate surface area is 415 Å². The van der Waals surface area contributed by atoms with Gasteiger partial charge in [0.2, 0.25) is 5.91 Å². The van der Waals surface area contributed by atoms with Gasteiger partial charge in [-0.1, -0.05) is 236 Å². The first-order valence-corrected chi connectivity index (χ1v) is 29.2. The number of amides is 1. The van der Waals surface area contributed by atoms with Crippen LogP contribution in [0.1, 0.15) is 258 Å². The molecule has 12 heteroatoms. The van der Waals surface area contributed by atoms with E-state index < -0.39 is 57.6 Å². The van der Waals surface area contributed by atoms with Gasteiger partial charge in [0.1, 0.15) is 12.7 Å². The number of aliphatic hydroxyl groups is 1. The highest BCUT2D eigenvalue weighted by molar-refractivity contribution is 7.47. The lowest BCUT2D eigenvalue weighted by Gasteiger charge is -2.18. The molecule has 0 rings (SSSR count). The van der Waals surface area contributed by atoms with E-state index in [4.69, 9.17) is 13.8 Å². The molecule has 0 aliphatic rings. The summed E-state index contributed by atoms with van der Waals surface area (Å²) in [4.78, 5) is 46.2. The zero-order valence-electron chi connectivity index (χ0n) is 43.4. The summed E-state index contributed by atoms with van der Waals surface area (Å²) in [6, 6.07) is -1.55. The summed E-state index contributed by atoms with van der Waals surface area (Å²) in [6.07, 6.45) is 59.9. The summed E-state index contributed by atoms with van der Waals surface area (Å²) in [7, 11) is -4.77. The first-order valence-electron chi connectivity index (χ1n) is 27.7. The molecular weight excluding hydrogens is 878 g/mol. The normalized spacial score (nSPS) is 13.8. The van der Waals surface area contributed by atoms with E-state index in [2.05, 4.69) is 67.8 Å². The van der Waals surface area contributed by atoms with Gasteiger partial charge in [0, 0.05) is 12.8 Å². The molecule has 11 nitrogen and oxygen atoms in total. The predicted molar refractivity (Wildman–Crippen MR) is 282 cm³/mol. The minimum Gasteiger partial charge on any atom is -0.480 e. The van der Waals surface area contributed by atoms with Gasteiger partial charge in [0.15, 0.2) is 6.04 Å². The Balaban J connectivity index is 3.81. The fraction of sp³-hybridized carbons (Fsp3) is 0.804. The summed E-state index contributed by atoms with van der Waals surface area (Å²) in [5, 5.41) is 22.0. The number of carboxylic acids is 1. The van der Waals surface area contributed by atoms with E-state index in [9.17, 15) is 34.1 Å². The fourth-order valence-electron chi connectivity index (χ4n) is 7.83. The van der Waals surface area contributed by atoms with Crippen LogP contribution < -0.4 is 5.32 Å². The molecule has 0 fully saturated rings. The number of phosphoric acid groups is 1. The van der Waals surface area contributed by atoms with E-state index in [1.54, 1.807) is 0 Å². The first kappa shape index (κ1) is 65.4. The molecule has 0 spiro atoms. The molecule has 1 amide bonds. The van der Waals surface area contributed by atoms with Crippen molar-refractivity contribution in [2.24, 2.45) is 0 Å². The van der Waals surface area contributed by atoms with Crippen LogP contribution in [-0.4, -0.2) is 64.9 Å². The summed E-state index contributed by atoms with van der Waals surface area (Å²) >= 11 is 0. The Morgan fingerprint density at radius 3 is 1.24 bits per heavy atom. The molecule has 3 atom stereocenters. The molecule has 0 saturated heterocycles. The number of nitrogens with one attached hydrogen (secondary N) is 1. The average Bonchev–Trinajstić information content (AvgIpc) is 3.32. The Morgan fingerprint density at radius 2 is 0.809 bits per heavy atom. The molecule has 3 unspecified atom stereocenters. The summed E-state index contributed by atoms with van der Waals surface area (Å²) in [5.74, 6) is -2.38. The Bertz CT molecular complexity index is 1330. The van der Waals surface area contributed by atoms with E-state index in [0.717, 1.165) is 83.5 Å². The number of carboxylic acid groups (broad SMARTS) is 1. The van der Waals surface area contributed by atoms with Gasteiger partial charge in [0.05, 0.1) is 13.2 Å². The molecule has 0 aliphatic carbocycles. The maximum absolute atomic E-state index is 12.4. The number of phosphoric ester groups is 1. The minimum atomic E-state index is -4.77. The van der Waals surface area contributed by atoms with Crippen LogP contribution in [0, 0.1) is 0 Å². The fourth-order valence-corrected chi connectivity index (χ4v) is 8.60. The number of allylic oxidation sites excluding steroid dienone is 8.